The van der Waals surface area contributed by atoms with E-state index in [9.17, 15) is 13.2 Å². The normalized spacial score (nSPS) is 14.6. The molecule has 0 aliphatic carbocycles. The van der Waals surface area contributed by atoms with Crippen LogP contribution in [0.15, 0.2) is 0 Å². The minimum atomic E-state index is -4.25. The van der Waals surface area contributed by atoms with Crippen molar-refractivity contribution in [1.82, 2.24) is 4.90 Å². The maximum Gasteiger partial charge on any atom is 0.404 e. The molecule has 0 aromatic carbocycles. The molecule has 0 spiro atoms. The van der Waals surface area contributed by atoms with Gasteiger partial charge in [-0.25, -0.2) is 0 Å². The maximum absolute atomic E-state index is 12.6. The molecule has 3 N–H and O–H groups in total. The van der Waals surface area contributed by atoms with Gasteiger partial charge in [-0.2, -0.15) is 13.2 Å². The van der Waals surface area contributed by atoms with Gasteiger partial charge >= 0.3 is 6.18 Å². The second-order valence-corrected chi connectivity index (χ2v) is 3.34. The number of nitrogens with zero attached hydrogens (tertiary/aromatic N) is 1. The first-order chi connectivity index (χ1) is 6.97. The lowest BCUT2D eigenvalue weighted by Crippen LogP contribution is -2.47. The highest BCUT2D eigenvalue weighted by molar-refractivity contribution is 4.78. The zero-order valence-electron chi connectivity index (χ0n) is 8.93. The molecule has 92 valence electrons. The predicted octanol–water partition coefficient (Wildman–Crippen LogP) is 0.970. The molecule has 1 unspecified atom stereocenters. The summed E-state index contributed by atoms with van der Waals surface area (Å²) in [6, 6.07) is -1.49. The minimum Gasteiger partial charge on any atom is -0.396 e. The van der Waals surface area contributed by atoms with Crippen LogP contribution in [0.5, 0.6) is 0 Å². The predicted molar refractivity (Wildman–Crippen MR) is 52.5 cm³/mol. The Morgan fingerprint density at radius 3 is 2.33 bits per heavy atom. The third-order valence-electron chi connectivity index (χ3n) is 2.27. The fraction of sp³-hybridized carbons (Fsp3) is 1.00. The van der Waals surface area contributed by atoms with Crippen molar-refractivity contribution in [2.45, 2.75) is 32.0 Å². The molecule has 0 radical (unpaired) electrons. The van der Waals surface area contributed by atoms with E-state index in [1.165, 1.54) is 4.90 Å². The van der Waals surface area contributed by atoms with Crippen LogP contribution in [0.1, 0.15) is 19.8 Å². The van der Waals surface area contributed by atoms with Crippen LogP contribution in [0, 0.1) is 0 Å². The van der Waals surface area contributed by atoms with Crippen molar-refractivity contribution in [3.8, 4) is 0 Å². The van der Waals surface area contributed by atoms with E-state index in [2.05, 4.69) is 0 Å². The summed E-state index contributed by atoms with van der Waals surface area (Å²) in [5, 5.41) is 8.59. The average molecular weight is 228 g/mol. The summed E-state index contributed by atoms with van der Waals surface area (Å²) >= 11 is 0. The zero-order valence-corrected chi connectivity index (χ0v) is 8.93. The molecule has 0 aliphatic rings. The fourth-order valence-corrected chi connectivity index (χ4v) is 1.52. The smallest absolute Gasteiger partial charge is 0.396 e. The Balaban J connectivity index is 4.40. The van der Waals surface area contributed by atoms with Gasteiger partial charge in [-0.1, -0.05) is 6.92 Å². The van der Waals surface area contributed by atoms with Crippen molar-refractivity contribution in [3.05, 3.63) is 0 Å². The van der Waals surface area contributed by atoms with Crippen molar-refractivity contribution in [2.75, 3.05) is 26.2 Å². The first-order valence-corrected chi connectivity index (χ1v) is 5.09. The molecular formula is C9H19F3N2O. The quantitative estimate of drug-likeness (QED) is 0.682. The van der Waals surface area contributed by atoms with Crippen molar-refractivity contribution in [3.63, 3.8) is 0 Å². The Hall–Kier alpha value is -0.330. The first-order valence-electron chi connectivity index (χ1n) is 5.09. The summed E-state index contributed by atoms with van der Waals surface area (Å²) in [5.74, 6) is 0. The molecule has 0 aromatic heterocycles. The summed E-state index contributed by atoms with van der Waals surface area (Å²) in [4.78, 5) is 1.31. The number of alkyl halides is 3. The molecule has 0 rings (SSSR count). The van der Waals surface area contributed by atoms with Crippen molar-refractivity contribution in [1.29, 1.82) is 0 Å². The van der Waals surface area contributed by atoms with Crippen LogP contribution < -0.4 is 5.73 Å². The van der Waals surface area contributed by atoms with Gasteiger partial charge in [-0.05, 0) is 25.9 Å². The number of hydrogen-bond acceptors (Lipinski definition) is 3. The second-order valence-electron chi connectivity index (χ2n) is 3.34. The Morgan fingerprint density at radius 1 is 1.40 bits per heavy atom. The van der Waals surface area contributed by atoms with Crippen LogP contribution in [-0.2, 0) is 0 Å². The van der Waals surface area contributed by atoms with Crippen LogP contribution in [-0.4, -0.2) is 48.5 Å². The van der Waals surface area contributed by atoms with E-state index in [1.807, 2.05) is 0 Å². The van der Waals surface area contributed by atoms with Gasteiger partial charge in [0.1, 0.15) is 6.04 Å². The van der Waals surface area contributed by atoms with E-state index in [-0.39, 0.29) is 26.1 Å². The van der Waals surface area contributed by atoms with Crippen LogP contribution in [0.2, 0.25) is 0 Å². The second kappa shape index (κ2) is 7.03. The van der Waals surface area contributed by atoms with Crippen molar-refractivity contribution < 1.29 is 18.3 Å². The van der Waals surface area contributed by atoms with Crippen molar-refractivity contribution >= 4 is 0 Å². The van der Waals surface area contributed by atoms with Gasteiger partial charge in [-0.15, -0.1) is 0 Å². The summed E-state index contributed by atoms with van der Waals surface area (Å²) in [5.41, 5.74) is 5.17. The standard InChI is InChI=1S/C9H19F3N2O/c1-2-14(6-3-7-15)8(4-5-13)9(10,11)12/h8,15H,2-7,13H2,1H3. The average Bonchev–Trinajstić information content (AvgIpc) is 2.15. The number of aliphatic hydroxyl groups excluding tert-OH is 1. The molecule has 15 heavy (non-hydrogen) atoms. The fourth-order valence-electron chi connectivity index (χ4n) is 1.52. The number of halogens is 3. The van der Waals surface area contributed by atoms with E-state index in [4.69, 9.17) is 10.8 Å². The van der Waals surface area contributed by atoms with E-state index in [0.717, 1.165) is 0 Å². The molecule has 0 bridgehead atoms. The lowest BCUT2D eigenvalue weighted by molar-refractivity contribution is -0.184. The third-order valence-corrected chi connectivity index (χ3v) is 2.27. The molecule has 3 nitrogen and oxygen atoms in total. The lowest BCUT2D eigenvalue weighted by atomic mass is 10.1. The molecule has 0 fully saturated rings. The summed E-state index contributed by atoms with van der Waals surface area (Å²) in [6.07, 6.45) is -3.99. The molecule has 0 aliphatic heterocycles. The number of nitrogens with two attached hydrogens (primary N) is 1. The summed E-state index contributed by atoms with van der Waals surface area (Å²) in [6.45, 7) is 2.15. The topological polar surface area (TPSA) is 49.5 Å². The highest BCUT2D eigenvalue weighted by atomic mass is 19.4. The van der Waals surface area contributed by atoms with E-state index >= 15 is 0 Å². The molecular weight excluding hydrogens is 209 g/mol. The number of hydrogen-bond donors (Lipinski definition) is 2. The largest absolute Gasteiger partial charge is 0.404 e. The third kappa shape index (κ3) is 5.34. The Kier molecular flexibility index (Phi) is 6.87. The number of rotatable bonds is 7. The molecule has 6 heteroatoms. The highest BCUT2D eigenvalue weighted by Crippen LogP contribution is 2.26. The SMILES string of the molecule is CCN(CCCO)C(CCN)C(F)(F)F. The van der Waals surface area contributed by atoms with Crippen LogP contribution >= 0.6 is 0 Å². The van der Waals surface area contributed by atoms with Gasteiger partial charge in [0.25, 0.3) is 0 Å². The number of aliphatic hydroxyl groups is 1. The van der Waals surface area contributed by atoms with Gasteiger partial charge in [-0.3, -0.25) is 4.90 Å². The Morgan fingerprint density at radius 2 is 2.00 bits per heavy atom. The lowest BCUT2D eigenvalue weighted by Gasteiger charge is -2.31. The molecule has 0 saturated heterocycles. The van der Waals surface area contributed by atoms with Gasteiger partial charge < -0.3 is 10.8 Å². The molecule has 0 amide bonds. The van der Waals surface area contributed by atoms with Crippen LogP contribution in [0.25, 0.3) is 0 Å². The summed E-state index contributed by atoms with van der Waals surface area (Å²) in [7, 11) is 0. The first kappa shape index (κ1) is 14.7. The Labute approximate surface area is 88.0 Å². The van der Waals surface area contributed by atoms with Crippen LogP contribution in [0.3, 0.4) is 0 Å². The highest BCUT2D eigenvalue weighted by Gasteiger charge is 2.41. The maximum atomic E-state index is 12.6. The minimum absolute atomic E-state index is 0.0137. The van der Waals surface area contributed by atoms with Gasteiger partial charge in [0, 0.05) is 13.2 Å². The van der Waals surface area contributed by atoms with Crippen molar-refractivity contribution in [2.24, 2.45) is 5.73 Å². The van der Waals surface area contributed by atoms with E-state index in [0.29, 0.717) is 13.0 Å². The van der Waals surface area contributed by atoms with Gasteiger partial charge in [0.05, 0.1) is 0 Å². The summed E-state index contributed by atoms with van der Waals surface area (Å²) < 4.78 is 37.8. The Bertz CT molecular complexity index is 164. The molecule has 0 saturated carbocycles. The van der Waals surface area contributed by atoms with Crippen LogP contribution in [0.4, 0.5) is 13.2 Å². The van der Waals surface area contributed by atoms with Gasteiger partial charge in [0.2, 0.25) is 0 Å². The zero-order chi connectivity index (χ0) is 11.9. The van der Waals surface area contributed by atoms with E-state index in [1.54, 1.807) is 6.92 Å². The monoisotopic (exact) mass is 228 g/mol. The molecule has 1 atom stereocenters. The van der Waals surface area contributed by atoms with E-state index < -0.39 is 12.2 Å². The molecule has 0 aromatic rings. The molecule has 0 heterocycles. The van der Waals surface area contributed by atoms with Gasteiger partial charge in [0.15, 0.2) is 0 Å².